The molecule has 0 atom stereocenters. The van der Waals surface area contributed by atoms with Crippen LogP contribution in [0.3, 0.4) is 0 Å². The average molecular weight is 241 g/mol. The summed E-state index contributed by atoms with van der Waals surface area (Å²) >= 11 is 5.80. The van der Waals surface area contributed by atoms with Crippen LogP contribution in [0.25, 0.3) is 11.6 Å². The Morgan fingerprint density at radius 3 is 2.53 bits per heavy atom. The molecule has 82 valence electrons. The first-order valence-electron chi connectivity index (χ1n) is 5.08. The molecule has 1 aromatic heterocycles. The maximum atomic E-state index is 9.11. The molecule has 2 nitrogen and oxygen atoms in total. The minimum absolute atomic E-state index is 0.535. The van der Waals surface area contributed by atoms with E-state index in [0.29, 0.717) is 16.3 Å². The Balaban J connectivity index is 2.37. The summed E-state index contributed by atoms with van der Waals surface area (Å²) in [5, 5.41) is 9.79. The Kier molecular flexibility index (Phi) is 3.54. The molecule has 1 aromatic carbocycles. The van der Waals surface area contributed by atoms with Gasteiger partial charge < -0.3 is 0 Å². The maximum absolute atomic E-state index is 9.11. The second-order valence-corrected chi connectivity index (χ2v) is 3.87. The summed E-state index contributed by atoms with van der Waals surface area (Å²) in [7, 11) is 0. The summed E-state index contributed by atoms with van der Waals surface area (Å²) < 4.78 is 0. The van der Waals surface area contributed by atoms with Gasteiger partial charge in [0.05, 0.1) is 11.3 Å². The summed E-state index contributed by atoms with van der Waals surface area (Å²) in [6.45, 7) is 0. The van der Waals surface area contributed by atoms with Gasteiger partial charge in [0.2, 0.25) is 0 Å². The van der Waals surface area contributed by atoms with Crippen LogP contribution < -0.4 is 0 Å². The van der Waals surface area contributed by atoms with Crippen molar-refractivity contribution in [2.45, 2.75) is 0 Å². The molecule has 2 aromatic rings. The van der Waals surface area contributed by atoms with Gasteiger partial charge in [-0.1, -0.05) is 29.8 Å². The number of allylic oxidation sites excluding steroid dienone is 1. The van der Waals surface area contributed by atoms with Crippen molar-refractivity contribution in [2.75, 3.05) is 0 Å². The van der Waals surface area contributed by atoms with E-state index in [1.807, 2.05) is 30.3 Å². The van der Waals surface area contributed by atoms with Crippen LogP contribution in [0, 0.1) is 11.3 Å². The minimum Gasteiger partial charge on any atom is -0.256 e. The van der Waals surface area contributed by atoms with E-state index in [1.165, 1.54) is 0 Å². The van der Waals surface area contributed by atoms with Crippen molar-refractivity contribution in [1.82, 2.24) is 4.98 Å². The lowest BCUT2D eigenvalue weighted by molar-refractivity contribution is 1.28. The Labute approximate surface area is 105 Å². The molecule has 1 heterocycles. The SMILES string of the molecule is N#C/C(=C\c1ccc(Cl)cc1)c1ccccn1. The molecule has 0 aliphatic heterocycles. The number of hydrogen-bond donors (Lipinski definition) is 0. The van der Waals surface area contributed by atoms with Crippen LogP contribution in [0.2, 0.25) is 5.02 Å². The van der Waals surface area contributed by atoms with Gasteiger partial charge in [0.1, 0.15) is 6.07 Å². The molecule has 0 aliphatic carbocycles. The molecule has 0 spiro atoms. The highest BCUT2D eigenvalue weighted by Crippen LogP contribution is 2.17. The van der Waals surface area contributed by atoms with Crippen molar-refractivity contribution in [3.63, 3.8) is 0 Å². The highest BCUT2D eigenvalue weighted by Gasteiger charge is 2.01. The van der Waals surface area contributed by atoms with Crippen LogP contribution in [0.15, 0.2) is 48.7 Å². The number of nitriles is 1. The van der Waals surface area contributed by atoms with E-state index < -0.39 is 0 Å². The third kappa shape index (κ3) is 2.93. The normalized spacial score (nSPS) is 10.9. The van der Waals surface area contributed by atoms with Crippen LogP contribution in [0.4, 0.5) is 0 Å². The molecule has 0 aliphatic rings. The highest BCUT2D eigenvalue weighted by molar-refractivity contribution is 6.30. The lowest BCUT2D eigenvalue weighted by Crippen LogP contribution is -1.85. The molecule has 0 unspecified atom stereocenters. The smallest absolute Gasteiger partial charge is 0.101 e. The molecule has 0 radical (unpaired) electrons. The van der Waals surface area contributed by atoms with Gasteiger partial charge in [-0.05, 0) is 35.9 Å². The number of nitrogens with zero attached hydrogens (tertiary/aromatic N) is 2. The van der Waals surface area contributed by atoms with Crippen molar-refractivity contribution in [3.05, 3.63) is 64.9 Å². The number of halogens is 1. The summed E-state index contributed by atoms with van der Waals surface area (Å²) in [5.74, 6) is 0. The van der Waals surface area contributed by atoms with Crippen molar-refractivity contribution in [2.24, 2.45) is 0 Å². The van der Waals surface area contributed by atoms with Gasteiger partial charge in [-0.25, -0.2) is 0 Å². The van der Waals surface area contributed by atoms with Gasteiger partial charge in [0.25, 0.3) is 0 Å². The minimum atomic E-state index is 0.535. The first-order valence-corrected chi connectivity index (χ1v) is 5.46. The first-order chi connectivity index (χ1) is 8.29. The van der Waals surface area contributed by atoms with Crippen LogP contribution in [0.1, 0.15) is 11.3 Å². The topological polar surface area (TPSA) is 36.7 Å². The Bertz CT molecular complexity index is 565. The summed E-state index contributed by atoms with van der Waals surface area (Å²) in [6.07, 6.45) is 3.46. The predicted octanol–water partition coefficient (Wildman–Crippen LogP) is 3.80. The van der Waals surface area contributed by atoms with Crippen LogP contribution in [-0.2, 0) is 0 Å². The zero-order valence-electron chi connectivity index (χ0n) is 8.97. The molecule has 0 N–H and O–H groups in total. The second kappa shape index (κ2) is 5.29. The van der Waals surface area contributed by atoms with Gasteiger partial charge in [0, 0.05) is 11.2 Å². The van der Waals surface area contributed by atoms with Crippen LogP contribution in [-0.4, -0.2) is 4.98 Å². The molecular formula is C14H9ClN2. The first kappa shape index (κ1) is 11.4. The van der Waals surface area contributed by atoms with Crippen LogP contribution >= 0.6 is 11.6 Å². The fraction of sp³-hybridized carbons (Fsp3) is 0. The van der Waals surface area contributed by atoms with Crippen molar-refractivity contribution in [1.29, 1.82) is 5.26 Å². The van der Waals surface area contributed by atoms with E-state index in [9.17, 15) is 0 Å². The Morgan fingerprint density at radius 2 is 1.94 bits per heavy atom. The molecule has 17 heavy (non-hydrogen) atoms. The highest BCUT2D eigenvalue weighted by atomic mass is 35.5. The number of benzene rings is 1. The molecule has 3 heteroatoms. The fourth-order valence-electron chi connectivity index (χ4n) is 1.41. The third-order valence-corrected chi connectivity index (χ3v) is 2.49. The average Bonchev–Trinajstić information content (AvgIpc) is 2.39. The zero-order valence-corrected chi connectivity index (χ0v) is 9.72. The standard InChI is InChI=1S/C14H9ClN2/c15-13-6-4-11(5-7-13)9-12(10-16)14-3-1-2-8-17-14/h1-9H/b12-9+. The molecule has 2 rings (SSSR count). The zero-order chi connectivity index (χ0) is 12.1. The molecule has 0 fully saturated rings. The van der Waals surface area contributed by atoms with E-state index >= 15 is 0 Å². The molecule has 0 bridgehead atoms. The van der Waals surface area contributed by atoms with E-state index in [-0.39, 0.29) is 0 Å². The van der Waals surface area contributed by atoms with E-state index in [1.54, 1.807) is 24.4 Å². The van der Waals surface area contributed by atoms with Crippen molar-refractivity contribution in [3.8, 4) is 6.07 Å². The third-order valence-electron chi connectivity index (χ3n) is 2.24. The molecule has 0 saturated carbocycles. The number of aromatic nitrogens is 1. The van der Waals surface area contributed by atoms with Gasteiger partial charge in [-0.3, -0.25) is 4.98 Å². The predicted molar refractivity (Wildman–Crippen MR) is 69.2 cm³/mol. The van der Waals surface area contributed by atoms with Gasteiger partial charge in [0.15, 0.2) is 0 Å². The quantitative estimate of drug-likeness (QED) is 0.749. The summed E-state index contributed by atoms with van der Waals surface area (Å²) in [4.78, 5) is 4.15. The second-order valence-electron chi connectivity index (χ2n) is 3.44. The summed E-state index contributed by atoms with van der Waals surface area (Å²) in [5.41, 5.74) is 2.13. The number of rotatable bonds is 2. The van der Waals surface area contributed by atoms with Crippen molar-refractivity contribution >= 4 is 23.3 Å². The van der Waals surface area contributed by atoms with E-state index in [4.69, 9.17) is 16.9 Å². The van der Waals surface area contributed by atoms with E-state index in [0.717, 1.165) is 5.56 Å². The van der Waals surface area contributed by atoms with Gasteiger partial charge in [-0.2, -0.15) is 5.26 Å². The van der Waals surface area contributed by atoms with Gasteiger partial charge in [-0.15, -0.1) is 0 Å². The molecular weight excluding hydrogens is 232 g/mol. The lowest BCUT2D eigenvalue weighted by Gasteiger charge is -1.98. The lowest BCUT2D eigenvalue weighted by atomic mass is 10.1. The Morgan fingerprint density at radius 1 is 1.18 bits per heavy atom. The van der Waals surface area contributed by atoms with Gasteiger partial charge >= 0.3 is 0 Å². The fourth-order valence-corrected chi connectivity index (χ4v) is 1.54. The maximum Gasteiger partial charge on any atom is 0.101 e. The number of pyridine rings is 1. The number of hydrogen-bond acceptors (Lipinski definition) is 2. The van der Waals surface area contributed by atoms with Crippen molar-refractivity contribution < 1.29 is 0 Å². The summed E-state index contributed by atoms with van der Waals surface area (Å²) in [6, 6.07) is 14.9. The van der Waals surface area contributed by atoms with E-state index in [2.05, 4.69) is 11.1 Å². The molecule has 0 amide bonds. The molecule has 0 saturated heterocycles. The Hall–Kier alpha value is -2.11. The van der Waals surface area contributed by atoms with Crippen LogP contribution in [0.5, 0.6) is 0 Å². The largest absolute Gasteiger partial charge is 0.256 e. The monoisotopic (exact) mass is 240 g/mol.